The van der Waals surface area contributed by atoms with Crippen LogP contribution in [0.1, 0.15) is 6.92 Å². The van der Waals surface area contributed by atoms with Crippen LogP contribution >= 0.6 is 0 Å². The van der Waals surface area contributed by atoms with Crippen LogP contribution in [0.25, 0.3) is 0 Å². The highest BCUT2D eigenvalue weighted by molar-refractivity contribution is 5.48. The van der Waals surface area contributed by atoms with Crippen LogP contribution in [0.2, 0.25) is 0 Å². The number of nitro benzene ring substituents is 1. The Morgan fingerprint density at radius 2 is 2.17 bits per heavy atom. The second-order valence-electron chi connectivity index (χ2n) is 3.24. The Kier molecular flexibility index (Phi) is 5.66. The molecule has 0 bridgehead atoms. The number of ether oxygens (including phenoxy) is 3. The van der Waals surface area contributed by atoms with Gasteiger partial charge < -0.3 is 14.2 Å². The van der Waals surface area contributed by atoms with E-state index in [4.69, 9.17) is 14.2 Å². The van der Waals surface area contributed by atoms with Gasteiger partial charge in [0.05, 0.1) is 11.0 Å². The van der Waals surface area contributed by atoms with Gasteiger partial charge in [-0.3, -0.25) is 10.1 Å². The van der Waals surface area contributed by atoms with Gasteiger partial charge in [0, 0.05) is 12.7 Å². The molecular formula is C12H15NO5. The lowest BCUT2D eigenvalue weighted by molar-refractivity contribution is -0.385. The van der Waals surface area contributed by atoms with Gasteiger partial charge in [-0.05, 0) is 13.0 Å². The lowest BCUT2D eigenvalue weighted by Crippen LogP contribution is -2.04. The summed E-state index contributed by atoms with van der Waals surface area (Å²) in [6.07, 6.45) is 1.55. The largest absolute Gasteiger partial charge is 0.485 e. The molecule has 0 radical (unpaired) electrons. The van der Waals surface area contributed by atoms with Crippen molar-refractivity contribution in [2.24, 2.45) is 0 Å². The summed E-state index contributed by atoms with van der Waals surface area (Å²) in [5.41, 5.74) is -0.0576. The predicted octanol–water partition coefficient (Wildman–Crippen LogP) is 2.53. The zero-order valence-electron chi connectivity index (χ0n) is 10.1. The second-order valence-corrected chi connectivity index (χ2v) is 3.24. The van der Waals surface area contributed by atoms with Crippen LogP contribution in [0.3, 0.4) is 0 Å². The van der Waals surface area contributed by atoms with Gasteiger partial charge in [0.1, 0.15) is 6.61 Å². The van der Waals surface area contributed by atoms with E-state index in [9.17, 15) is 10.1 Å². The zero-order valence-corrected chi connectivity index (χ0v) is 10.1. The molecule has 0 spiro atoms. The fourth-order valence-electron chi connectivity index (χ4n) is 1.18. The summed E-state index contributed by atoms with van der Waals surface area (Å²) in [5, 5.41) is 10.7. The molecule has 0 saturated heterocycles. The summed E-state index contributed by atoms with van der Waals surface area (Å²) < 4.78 is 15.7. The van der Waals surface area contributed by atoms with Gasteiger partial charge in [-0.1, -0.05) is 12.7 Å². The van der Waals surface area contributed by atoms with Crippen molar-refractivity contribution in [2.45, 2.75) is 6.92 Å². The first-order valence-corrected chi connectivity index (χ1v) is 5.41. The molecule has 6 heteroatoms. The Morgan fingerprint density at radius 1 is 1.39 bits per heavy atom. The van der Waals surface area contributed by atoms with E-state index in [1.165, 1.54) is 18.2 Å². The van der Waals surface area contributed by atoms with Crippen LogP contribution in [0, 0.1) is 10.1 Å². The SMILES string of the molecule is C=CCOc1cc([N+](=O)[O-])ccc1OCOCC. The number of hydrogen-bond acceptors (Lipinski definition) is 5. The number of rotatable bonds is 8. The van der Waals surface area contributed by atoms with Crippen LogP contribution in [0.15, 0.2) is 30.9 Å². The maximum atomic E-state index is 10.7. The molecule has 1 aromatic rings. The molecule has 0 atom stereocenters. The maximum Gasteiger partial charge on any atom is 0.273 e. The van der Waals surface area contributed by atoms with Crippen molar-refractivity contribution in [1.82, 2.24) is 0 Å². The monoisotopic (exact) mass is 253 g/mol. The quantitative estimate of drug-likeness (QED) is 0.234. The summed E-state index contributed by atoms with van der Waals surface area (Å²) >= 11 is 0. The van der Waals surface area contributed by atoms with E-state index >= 15 is 0 Å². The highest BCUT2D eigenvalue weighted by Gasteiger charge is 2.12. The van der Waals surface area contributed by atoms with Crippen molar-refractivity contribution in [3.8, 4) is 11.5 Å². The van der Waals surface area contributed by atoms with Crippen LogP contribution in [0.5, 0.6) is 11.5 Å². The van der Waals surface area contributed by atoms with Crippen LogP contribution in [0.4, 0.5) is 5.69 Å². The number of non-ortho nitro benzene ring substituents is 1. The second kappa shape index (κ2) is 7.29. The third-order valence-corrected chi connectivity index (χ3v) is 2.00. The standard InChI is InChI=1S/C12H15NO5/c1-3-7-17-12-8-10(13(14)15)5-6-11(12)18-9-16-4-2/h3,5-6,8H,1,4,7,9H2,2H3. The summed E-state index contributed by atoms with van der Waals surface area (Å²) in [7, 11) is 0. The minimum absolute atomic E-state index is 0.0576. The van der Waals surface area contributed by atoms with E-state index in [2.05, 4.69) is 6.58 Å². The van der Waals surface area contributed by atoms with Crippen molar-refractivity contribution in [3.63, 3.8) is 0 Å². The minimum Gasteiger partial charge on any atom is -0.485 e. The molecular weight excluding hydrogens is 238 g/mol. The fourth-order valence-corrected chi connectivity index (χ4v) is 1.18. The highest BCUT2D eigenvalue weighted by Crippen LogP contribution is 2.31. The Morgan fingerprint density at radius 3 is 2.78 bits per heavy atom. The topological polar surface area (TPSA) is 70.8 Å². The van der Waals surface area contributed by atoms with Gasteiger partial charge in [-0.2, -0.15) is 0 Å². The Hall–Kier alpha value is -2.08. The molecule has 0 aliphatic carbocycles. The average Bonchev–Trinajstić information content (AvgIpc) is 2.37. The van der Waals surface area contributed by atoms with Gasteiger partial charge in [-0.25, -0.2) is 0 Å². The first kappa shape index (κ1) is 14.0. The van der Waals surface area contributed by atoms with Crippen molar-refractivity contribution in [1.29, 1.82) is 0 Å². The van der Waals surface area contributed by atoms with Crippen LogP contribution in [-0.4, -0.2) is 24.9 Å². The molecule has 1 rings (SSSR count). The summed E-state index contributed by atoms with van der Waals surface area (Å²) in [6, 6.07) is 4.14. The molecule has 0 aliphatic rings. The van der Waals surface area contributed by atoms with Crippen molar-refractivity contribution >= 4 is 5.69 Å². The van der Waals surface area contributed by atoms with Gasteiger partial charge >= 0.3 is 0 Å². The summed E-state index contributed by atoms with van der Waals surface area (Å²) in [6.45, 7) is 6.19. The molecule has 0 N–H and O–H groups in total. The molecule has 98 valence electrons. The molecule has 0 heterocycles. The first-order chi connectivity index (χ1) is 8.69. The van der Waals surface area contributed by atoms with Crippen LogP contribution < -0.4 is 9.47 Å². The molecule has 0 unspecified atom stereocenters. The van der Waals surface area contributed by atoms with Crippen molar-refractivity contribution in [3.05, 3.63) is 41.0 Å². The van der Waals surface area contributed by atoms with E-state index in [0.29, 0.717) is 18.1 Å². The molecule has 6 nitrogen and oxygen atoms in total. The minimum atomic E-state index is -0.493. The normalized spacial score (nSPS) is 9.83. The molecule has 0 amide bonds. The molecule has 18 heavy (non-hydrogen) atoms. The van der Waals surface area contributed by atoms with Crippen LogP contribution in [-0.2, 0) is 4.74 Å². The molecule has 0 saturated carbocycles. The van der Waals surface area contributed by atoms with E-state index in [-0.39, 0.29) is 19.1 Å². The molecule has 0 aliphatic heterocycles. The molecule has 1 aromatic carbocycles. The maximum absolute atomic E-state index is 10.7. The van der Waals surface area contributed by atoms with Crippen molar-refractivity contribution in [2.75, 3.05) is 20.0 Å². The zero-order chi connectivity index (χ0) is 13.4. The smallest absolute Gasteiger partial charge is 0.273 e. The van der Waals surface area contributed by atoms with E-state index in [1.807, 2.05) is 6.92 Å². The summed E-state index contributed by atoms with van der Waals surface area (Å²) in [5.74, 6) is 0.694. The molecule has 0 aromatic heterocycles. The number of hydrogen-bond donors (Lipinski definition) is 0. The van der Waals surface area contributed by atoms with E-state index < -0.39 is 4.92 Å². The fraction of sp³-hybridized carbons (Fsp3) is 0.333. The predicted molar refractivity (Wildman–Crippen MR) is 65.9 cm³/mol. The van der Waals surface area contributed by atoms with Gasteiger partial charge in [0.15, 0.2) is 18.3 Å². The van der Waals surface area contributed by atoms with E-state index in [1.54, 1.807) is 6.08 Å². The lowest BCUT2D eigenvalue weighted by atomic mass is 10.3. The molecule has 0 fully saturated rings. The van der Waals surface area contributed by atoms with Gasteiger partial charge in [0.2, 0.25) is 0 Å². The summed E-state index contributed by atoms with van der Waals surface area (Å²) in [4.78, 5) is 10.2. The van der Waals surface area contributed by atoms with Gasteiger partial charge in [-0.15, -0.1) is 0 Å². The number of nitrogens with zero attached hydrogens (tertiary/aromatic N) is 1. The van der Waals surface area contributed by atoms with E-state index in [0.717, 1.165) is 0 Å². The average molecular weight is 253 g/mol. The third-order valence-electron chi connectivity index (χ3n) is 2.00. The Balaban J connectivity index is 2.85. The number of benzene rings is 1. The lowest BCUT2D eigenvalue weighted by Gasteiger charge is -2.11. The highest BCUT2D eigenvalue weighted by atomic mass is 16.7. The van der Waals surface area contributed by atoms with Gasteiger partial charge in [0.25, 0.3) is 5.69 Å². The first-order valence-electron chi connectivity index (χ1n) is 5.41. The van der Waals surface area contributed by atoms with Crippen molar-refractivity contribution < 1.29 is 19.1 Å². The Bertz CT molecular complexity index is 419. The Labute approximate surface area is 105 Å². The third kappa shape index (κ3) is 4.06. The number of nitro groups is 1.